The van der Waals surface area contributed by atoms with E-state index in [0.29, 0.717) is 0 Å². The Morgan fingerprint density at radius 2 is 2.27 bits per heavy atom. The highest BCUT2D eigenvalue weighted by Gasteiger charge is 1.98. The first-order chi connectivity index (χ1) is 5.35. The second-order valence-electron chi connectivity index (χ2n) is 1.80. The number of hydrogen-bond donors (Lipinski definition) is 0. The molecule has 0 atom stereocenters. The van der Waals surface area contributed by atoms with Crippen molar-refractivity contribution < 1.29 is 3.17 Å². The third-order valence-corrected chi connectivity index (χ3v) is 2.71. The molecular weight excluding hydrogens is 293 g/mol. The summed E-state index contributed by atoms with van der Waals surface area (Å²) in [6.07, 6.45) is 2.07. The molecule has 0 unspecified atom stereocenters. The Morgan fingerprint density at radius 3 is 2.73 bits per heavy atom. The summed E-state index contributed by atoms with van der Waals surface area (Å²) in [4.78, 5) is 0. The Labute approximate surface area is 90.6 Å². The van der Waals surface area contributed by atoms with E-state index in [9.17, 15) is 0 Å². The van der Waals surface area contributed by atoms with Gasteiger partial charge in [-0.1, -0.05) is 12.1 Å². The van der Waals surface area contributed by atoms with Crippen LogP contribution in [0.1, 0.15) is 6.92 Å². The monoisotopic (exact) mass is 305 g/mol. The fourth-order valence-corrected chi connectivity index (χ4v) is 2.02. The molecule has 0 radical (unpaired) electrons. The molecule has 2 nitrogen and oxygen atoms in total. The van der Waals surface area contributed by atoms with Gasteiger partial charge in [-0.05, 0) is 12.0 Å². The maximum atomic E-state index is 4.68. The molecule has 0 heterocycles. The second kappa shape index (κ2) is 8.99. The summed E-state index contributed by atoms with van der Waals surface area (Å²) in [6, 6.07) is 0. The maximum absolute atomic E-state index is 4.68. The first kappa shape index (κ1) is 11.9. The zero-order valence-corrected chi connectivity index (χ0v) is 10.5. The second-order valence-corrected chi connectivity index (χ2v) is 4.33. The summed E-state index contributed by atoms with van der Waals surface area (Å²) in [5.41, 5.74) is 1.12. The van der Waals surface area contributed by atoms with E-state index in [1.165, 1.54) is 0 Å². The van der Waals surface area contributed by atoms with Gasteiger partial charge >= 0.3 is 0 Å². The van der Waals surface area contributed by atoms with Crippen LogP contribution in [0, 0.1) is 0 Å². The lowest BCUT2D eigenvalue weighted by Gasteiger charge is -2.00. The topological polar surface area (TPSA) is 21.6 Å². The minimum absolute atomic E-state index is 0.968. The summed E-state index contributed by atoms with van der Waals surface area (Å²) in [5, 5.41) is 3.91. The molecule has 66 valence electrons. The number of hydrogen-bond acceptors (Lipinski definition) is 4. The molecule has 0 aromatic rings. The predicted molar refractivity (Wildman–Crippen MR) is 63.9 cm³/mol. The predicted octanol–water partition coefficient (Wildman–Crippen LogP) is 2.83. The lowest BCUT2D eigenvalue weighted by atomic mass is 10.5. The Kier molecular flexibility index (Phi) is 9.73. The number of nitrogens with zero attached hydrogens (tertiary/aromatic N) is 1. The Morgan fingerprint density at radius 1 is 1.55 bits per heavy atom. The van der Waals surface area contributed by atoms with E-state index in [2.05, 4.69) is 21.5 Å². The van der Waals surface area contributed by atoms with Crippen molar-refractivity contribution in [1.29, 1.82) is 0 Å². The molecule has 5 heteroatoms. The van der Waals surface area contributed by atoms with Gasteiger partial charge in [0.2, 0.25) is 23.0 Å². The van der Waals surface area contributed by atoms with E-state index < -0.39 is 0 Å². The number of thioether (sulfide) groups is 2. The zero-order chi connectivity index (χ0) is 8.53. The van der Waals surface area contributed by atoms with Crippen molar-refractivity contribution >= 4 is 52.2 Å². The van der Waals surface area contributed by atoms with Gasteiger partial charge < -0.3 is 3.17 Å². The van der Waals surface area contributed by atoms with Crippen molar-refractivity contribution in [2.24, 2.45) is 5.16 Å². The van der Waals surface area contributed by atoms with Crippen LogP contribution in [0.3, 0.4) is 0 Å². The molecule has 0 aliphatic rings. The van der Waals surface area contributed by atoms with Crippen molar-refractivity contribution in [3.63, 3.8) is 0 Å². The van der Waals surface area contributed by atoms with E-state index in [1.54, 1.807) is 34.8 Å². The van der Waals surface area contributed by atoms with E-state index in [4.69, 9.17) is 0 Å². The first-order valence-corrected chi connectivity index (χ1v) is 6.68. The smallest absolute Gasteiger partial charge is 0.230 e. The molecule has 0 aliphatic heterocycles. The maximum Gasteiger partial charge on any atom is 0.230 e. The van der Waals surface area contributed by atoms with Crippen LogP contribution in [-0.4, -0.2) is 29.2 Å². The molecule has 0 spiro atoms. The molecule has 0 bridgehead atoms. The lowest BCUT2D eigenvalue weighted by Crippen LogP contribution is -2.05. The Balaban J connectivity index is 3.60. The van der Waals surface area contributed by atoms with Gasteiger partial charge in [0.1, 0.15) is 0 Å². The van der Waals surface area contributed by atoms with Gasteiger partial charge in [-0.15, -0.1) is 0 Å². The summed E-state index contributed by atoms with van der Waals surface area (Å²) in [7, 11) is 0. The van der Waals surface area contributed by atoms with Crippen LogP contribution >= 0.6 is 46.5 Å². The molecule has 0 amide bonds. The number of oxime groups is 1. The van der Waals surface area contributed by atoms with Crippen LogP contribution in [0.25, 0.3) is 0 Å². The fraction of sp³-hybridized carbons (Fsp3) is 0.833. The average Bonchev–Trinajstić information content (AvgIpc) is 2.01. The Hall–Kier alpha value is 0.900. The van der Waals surface area contributed by atoms with Crippen LogP contribution in [0.15, 0.2) is 5.16 Å². The molecule has 0 N–H and O–H groups in total. The van der Waals surface area contributed by atoms with Gasteiger partial charge in [-0.2, -0.15) is 23.5 Å². The van der Waals surface area contributed by atoms with Crippen LogP contribution in [0.5, 0.6) is 0 Å². The van der Waals surface area contributed by atoms with Gasteiger partial charge in [0.15, 0.2) is 0 Å². The quantitative estimate of drug-likeness (QED) is 0.428. The van der Waals surface area contributed by atoms with Crippen LogP contribution in [-0.2, 0) is 3.17 Å². The molecule has 0 fully saturated rings. The minimum atomic E-state index is 0.968. The molecule has 0 aliphatic carbocycles. The van der Waals surface area contributed by atoms with Gasteiger partial charge in [-0.25, -0.2) is 0 Å². The molecule has 0 saturated carbocycles. The van der Waals surface area contributed by atoms with E-state index in [1.807, 2.05) is 11.8 Å². The minimum Gasteiger partial charge on any atom is -0.327 e. The molecule has 0 saturated heterocycles. The largest absolute Gasteiger partial charge is 0.327 e. The van der Waals surface area contributed by atoms with Gasteiger partial charge in [0.05, 0.1) is 5.71 Å². The third kappa shape index (κ3) is 7.27. The Bertz CT molecular complexity index is 121. The normalized spacial score (nSPS) is 11.7. The van der Waals surface area contributed by atoms with Crippen LogP contribution in [0.4, 0.5) is 0 Å². The number of rotatable bonds is 6. The average molecular weight is 305 g/mol. The van der Waals surface area contributed by atoms with Crippen LogP contribution < -0.4 is 0 Å². The molecule has 11 heavy (non-hydrogen) atoms. The van der Waals surface area contributed by atoms with Crippen molar-refractivity contribution in [3.05, 3.63) is 0 Å². The first-order valence-electron chi connectivity index (χ1n) is 3.25. The molecule has 0 aromatic heterocycles. The summed E-state index contributed by atoms with van der Waals surface area (Å²) >= 11 is 5.43. The van der Waals surface area contributed by atoms with Crippen molar-refractivity contribution in [2.75, 3.05) is 23.5 Å². The van der Waals surface area contributed by atoms with Crippen molar-refractivity contribution in [2.45, 2.75) is 6.92 Å². The van der Waals surface area contributed by atoms with Gasteiger partial charge in [0, 0.05) is 11.5 Å². The summed E-state index contributed by atoms with van der Waals surface area (Å²) in [6.45, 7) is 2.15. The van der Waals surface area contributed by atoms with E-state index in [0.717, 1.165) is 23.0 Å². The van der Waals surface area contributed by atoms with Crippen LogP contribution in [0.2, 0.25) is 0 Å². The van der Waals surface area contributed by atoms with E-state index >= 15 is 0 Å². The highest BCUT2D eigenvalue weighted by Crippen LogP contribution is 2.05. The highest BCUT2D eigenvalue weighted by molar-refractivity contribution is 14.1. The van der Waals surface area contributed by atoms with Crippen molar-refractivity contribution in [1.82, 2.24) is 0 Å². The third-order valence-electron chi connectivity index (χ3n) is 0.947. The zero-order valence-electron chi connectivity index (χ0n) is 6.67. The molecule has 0 aromatic carbocycles. The molecular formula is C6H12INOS2. The van der Waals surface area contributed by atoms with E-state index in [-0.39, 0.29) is 0 Å². The summed E-state index contributed by atoms with van der Waals surface area (Å²) in [5.74, 6) is 3.09. The standard InChI is InChI=1S/C6H12INOS2/c1-3-11-5-6(4-10-2)8-9-7/h3-5H2,1-2H3/b8-6+. The van der Waals surface area contributed by atoms with Crippen molar-refractivity contribution in [3.8, 4) is 0 Å². The van der Waals surface area contributed by atoms with Gasteiger partial charge in [-0.3, -0.25) is 0 Å². The molecule has 0 rings (SSSR count). The SMILES string of the molecule is CCSC/C(CSC)=N/OI. The van der Waals surface area contributed by atoms with Gasteiger partial charge in [0.25, 0.3) is 0 Å². The fourth-order valence-electron chi connectivity index (χ4n) is 0.530. The lowest BCUT2D eigenvalue weighted by molar-refractivity contribution is 0.464. The highest BCUT2D eigenvalue weighted by atomic mass is 127. The summed E-state index contributed by atoms with van der Waals surface area (Å²) < 4.78 is 4.68. The number of halogens is 1.